The third-order valence-corrected chi connectivity index (χ3v) is 10.6. The van der Waals surface area contributed by atoms with Gasteiger partial charge in [-0.1, -0.05) is 128 Å². The molecule has 0 spiro atoms. The Balaban J connectivity index is 1.41. The van der Waals surface area contributed by atoms with E-state index in [0.29, 0.717) is 5.92 Å². The average molecular weight is 589 g/mol. The Hall–Kier alpha value is -5.40. The van der Waals surface area contributed by atoms with E-state index in [1.54, 1.807) is 0 Å². The van der Waals surface area contributed by atoms with Gasteiger partial charge in [0.25, 0.3) is 0 Å². The first-order valence-corrected chi connectivity index (χ1v) is 16.5. The molecule has 3 aliphatic carbocycles. The Bertz CT molecular complexity index is 2660. The van der Waals surface area contributed by atoms with Crippen LogP contribution in [0.4, 0.5) is 0 Å². The monoisotopic (exact) mass is 588 g/mol. The first-order valence-electron chi connectivity index (χ1n) is 16.5. The Labute approximate surface area is 267 Å². The van der Waals surface area contributed by atoms with E-state index in [-0.39, 0.29) is 5.92 Å². The Morgan fingerprint density at radius 3 is 2.28 bits per heavy atom. The second-order valence-electron chi connectivity index (χ2n) is 13.1. The van der Waals surface area contributed by atoms with E-state index in [1.807, 2.05) is 0 Å². The highest BCUT2D eigenvalue weighted by Crippen LogP contribution is 2.48. The van der Waals surface area contributed by atoms with Crippen molar-refractivity contribution in [2.45, 2.75) is 25.7 Å². The number of fused-ring (bicyclic) bond motifs is 9. The summed E-state index contributed by atoms with van der Waals surface area (Å²) < 4.78 is 6.80. The van der Waals surface area contributed by atoms with Gasteiger partial charge in [0.05, 0.1) is 0 Å². The normalized spacial score (nSPS) is 18.7. The lowest BCUT2D eigenvalue weighted by Crippen LogP contribution is -2.38. The van der Waals surface area contributed by atoms with E-state index in [9.17, 15) is 0 Å². The summed E-state index contributed by atoms with van der Waals surface area (Å²) in [5.74, 6) is 0.730. The van der Waals surface area contributed by atoms with Crippen molar-refractivity contribution in [1.82, 2.24) is 0 Å². The van der Waals surface area contributed by atoms with Gasteiger partial charge < -0.3 is 4.42 Å². The van der Waals surface area contributed by atoms with Crippen LogP contribution < -0.4 is 10.4 Å². The fourth-order valence-corrected chi connectivity index (χ4v) is 8.67. The van der Waals surface area contributed by atoms with Gasteiger partial charge in [0.2, 0.25) is 0 Å². The Morgan fingerprint density at radius 1 is 0.652 bits per heavy atom. The maximum atomic E-state index is 6.80. The van der Waals surface area contributed by atoms with Crippen LogP contribution in [-0.2, 0) is 0 Å². The van der Waals surface area contributed by atoms with Gasteiger partial charge in [0, 0.05) is 22.3 Å². The van der Waals surface area contributed by atoms with Crippen molar-refractivity contribution in [3.8, 4) is 0 Å². The van der Waals surface area contributed by atoms with Crippen molar-refractivity contribution in [2.24, 2.45) is 5.92 Å². The summed E-state index contributed by atoms with van der Waals surface area (Å²) in [5, 5.41) is 10.2. The maximum absolute atomic E-state index is 6.80. The first-order chi connectivity index (χ1) is 22.8. The minimum atomic E-state index is 0.222. The molecule has 0 fully saturated rings. The Kier molecular flexibility index (Phi) is 5.51. The third kappa shape index (κ3) is 3.57. The zero-order valence-corrected chi connectivity index (χ0v) is 25.8. The molecule has 46 heavy (non-hydrogen) atoms. The zero-order valence-electron chi connectivity index (χ0n) is 25.8. The molecule has 0 N–H and O–H groups in total. The van der Waals surface area contributed by atoms with Crippen molar-refractivity contribution < 1.29 is 4.42 Å². The van der Waals surface area contributed by atoms with Crippen LogP contribution in [0, 0.1) is 5.92 Å². The number of hydrogen-bond donors (Lipinski definition) is 0. The SMILES string of the molecule is CC1CC=Cc2cc(C3=c4ccccc4=C(c4c5ccccc5cc5c4oc4ccccc45)C4=CC=CCC43)c3ccccc3c21. The van der Waals surface area contributed by atoms with Gasteiger partial charge in [-0.3, -0.25) is 0 Å². The van der Waals surface area contributed by atoms with Gasteiger partial charge in [-0.2, -0.15) is 0 Å². The molecular formula is C45H32O. The molecule has 2 atom stereocenters. The molecule has 10 rings (SSSR count). The van der Waals surface area contributed by atoms with Crippen molar-refractivity contribution >= 4 is 60.7 Å². The van der Waals surface area contributed by atoms with Crippen LogP contribution >= 0.6 is 0 Å². The van der Waals surface area contributed by atoms with Crippen molar-refractivity contribution in [3.63, 3.8) is 0 Å². The summed E-state index contributed by atoms with van der Waals surface area (Å²) >= 11 is 0. The predicted octanol–water partition coefficient (Wildman–Crippen LogP) is 10.3. The largest absolute Gasteiger partial charge is 0.455 e. The van der Waals surface area contributed by atoms with E-state index in [1.165, 1.54) is 81.7 Å². The zero-order chi connectivity index (χ0) is 30.4. The Morgan fingerprint density at radius 2 is 1.39 bits per heavy atom. The molecule has 1 aromatic heterocycles. The van der Waals surface area contributed by atoms with Gasteiger partial charge in [-0.05, 0) is 102 Å². The summed E-state index contributed by atoms with van der Waals surface area (Å²) in [6.07, 6.45) is 13.7. The maximum Gasteiger partial charge on any atom is 0.143 e. The molecule has 7 aromatic rings. The van der Waals surface area contributed by atoms with Gasteiger partial charge in [0.1, 0.15) is 11.2 Å². The van der Waals surface area contributed by atoms with Crippen molar-refractivity contribution in [1.29, 1.82) is 0 Å². The standard InChI is InChI=1S/C45H32O/c1-27-13-12-15-29-26-38(31-17-4-5-19-33(31)41(27)29)42-34-20-6-8-22-36(34)43(37-23-9-7-21-35(37)42)44-30-16-3-2-14-28(30)25-39-32-18-10-11-24-40(32)46-45(39)44/h2-12,14-20,22-27,35H,13,21H2,1H3. The van der Waals surface area contributed by atoms with E-state index in [4.69, 9.17) is 4.42 Å². The first kappa shape index (κ1) is 25.9. The highest BCUT2D eigenvalue weighted by Gasteiger charge is 2.33. The lowest BCUT2D eigenvalue weighted by Gasteiger charge is -2.33. The van der Waals surface area contributed by atoms with Crippen LogP contribution in [0.15, 0.2) is 143 Å². The fraction of sp³-hybridized carbons (Fsp3) is 0.111. The van der Waals surface area contributed by atoms with Gasteiger partial charge in [0.15, 0.2) is 0 Å². The number of rotatable bonds is 2. The van der Waals surface area contributed by atoms with Crippen LogP contribution in [0.5, 0.6) is 0 Å². The molecule has 218 valence electrons. The lowest BCUT2D eigenvalue weighted by atomic mass is 9.70. The number of para-hydroxylation sites is 1. The number of allylic oxidation sites excluding steroid dienone is 5. The molecule has 0 saturated heterocycles. The third-order valence-electron chi connectivity index (χ3n) is 10.6. The highest BCUT2D eigenvalue weighted by atomic mass is 16.3. The van der Waals surface area contributed by atoms with E-state index in [0.717, 1.165) is 24.0 Å². The smallest absolute Gasteiger partial charge is 0.143 e. The summed E-state index contributed by atoms with van der Waals surface area (Å²) in [5.41, 5.74) is 11.4. The molecule has 1 nitrogen and oxygen atoms in total. The molecule has 1 heteroatoms. The summed E-state index contributed by atoms with van der Waals surface area (Å²) in [6, 6.07) is 40.3. The summed E-state index contributed by atoms with van der Waals surface area (Å²) in [6.45, 7) is 2.37. The molecule has 6 aromatic carbocycles. The van der Waals surface area contributed by atoms with Crippen LogP contribution in [0.3, 0.4) is 0 Å². The molecule has 0 saturated carbocycles. The fourth-order valence-electron chi connectivity index (χ4n) is 8.67. The topological polar surface area (TPSA) is 13.1 Å². The summed E-state index contributed by atoms with van der Waals surface area (Å²) in [7, 11) is 0. The molecule has 1 heterocycles. The highest BCUT2D eigenvalue weighted by molar-refractivity contribution is 6.17. The van der Waals surface area contributed by atoms with Gasteiger partial charge in [-0.25, -0.2) is 0 Å². The predicted molar refractivity (Wildman–Crippen MR) is 193 cm³/mol. The van der Waals surface area contributed by atoms with Crippen LogP contribution in [0.25, 0.3) is 60.7 Å². The minimum absolute atomic E-state index is 0.222. The van der Waals surface area contributed by atoms with Crippen LogP contribution in [-0.4, -0.2) is 0 Å². The van der Waals surface area contributed by atoms with Gasteiger partial charge in [-0.15, -0.1) is 0 Å². The van der Waals surface area contributed by atoms with E-state index in [2.05, 4.69) is 146 Å². The second-order valence-corrected chi connectivity index (χ2v) is 13.1. The van der Waals surface area contributed by atoms with Gasteiger partial charge >= 0.3 is 0 Å². The lowest BCUT2D eigenvalue weighted by molar-refractivity contribution is 0.668. The van der Waals surface area contributed by atoms with E-state index < -0.39 is 0 Å². The molecule has 0 radical (unpaired) electrons. The molecule has 0 aliphatic heterocycles. The summed E-state index contributed by atoms with van der Waals surface area (Å²) in [4.78, 5) is 0. The van der Waals surface area contributed by atoms with Crippen molar-refractivity contribution in [2.75, 3.05) is 0 Å². The second kappa shape index (κ2) is 9.80. The quantitative estimate of drug-likeness (QED) is 0.196. The molecule has 2 unspecified atom stereocenters. The average Bonchev–Trinajstić information content (AvgIpc) is 3.48. The van der Waals surface area contributed by atoms with Crippen LogP contribution in [0.1, 0.15) is 47.9 Å². The van der Waals surface area contributed by atoms with E-state index >= 15 is 0 Å². The number of benzene rings is 6. The molecular weight excluding hydrogens is 556 g/mol. The molecule has 0 bridgehead atoms. The molecule has 3 aliphatic rings. The minimum Gasteiger partial charge on any atom is -0.455 e. The number of furan rings is 1. The number of hydrogen-bond acceptors (Lipinski definition) is 1. The van der Waals surface area contributed by atoms with Crippen molar-refractivity contribution in [3.05, 3.63) is 172 Å². The molecule has 0 amide bonds. The van der Waals surface area contributed by atoms with Crippen LogP contribution in [0.2, 0.25) is 0 Å².